The zero-order chi connectivity index (χ0) is 10.4. The van der Waals surface area contributed by atoms with Crippen LogP contribution in [0.2, 0.25) is 0 Å². The fraction of sp³-hybridized carbons (Fsp3) is 0.444. The molecule has 0 bridgehead atoms. The van der Waals surface area contributed by atoms with Crippen molar-refractivity contribution in [3.63, 3.8) is 0 Å². The average molecular weight is 206 g/mol. The van der Waals surface area contributed by atoms with E-state index in [2.05, 4.69) is 15.5 Å². The lowest BCUT2D eigenvalue weighted by Crippen LogP contribution is -2.37. The molecule has 0 aliphatic carbocycles. The van der Waals surface area contributed by atoms with Gasteiger partial charge >= 0.3 is 0 Å². The number of hydrogen-bond donors (Lipinski definition) is 1. The van der Waals surface area contributed by atoms with Crippen molar-refractivity contribution in [2.45, 2.75) is 20.0 Å². The molecule has 0 atom stereocenters. The third-order valence-electron chi connectivity index (χ3n) is 2.64. The zero-order valence-electron chi connectivity index (χ0n) is 8.28. The van der Waals surface area contributed by atoms with Gasteiger partial charge < -0.3 is 9.84 Å². The molecule has 2 aromatic rings. The molecule has 2 aromatic heterocycles. The first-order valence-corrected chi connectivity index (χ1v) is 4.84. The summed E-state index contributed by atoms with van der Waals surface area (Å²) in [7, 11) is 0. The van der Waals surface area contributed by atoms with E-state index >= 15 is 0 Å². The summed E-state index contributed by atoms with van der Waals surface area (Å²) < 4.78 is 6.68. The Bertz CT molecular complexity index is 584. The van der Waals surface area contributed by atoms with Gasteiger partial charge in [-0.3, -0.25) is 9.36 Å². The molecule has 0 aromatic carbocycles. The van der Waals surface area contributed by atoms with Gasteiger partial charge in [0, 0.05) is 13.1 Å². The molecule has 0 amide bonds. The van der Waals surface area contributed by atoms with Crippen molar-refractivity contribution in [3.05, 3.63) is 21.9 Å². The topological polar surface area (TPSA) is 73.0 Å². The van der Waals surface area contributed by atoms with E-state index in [0.29, 0.717) is 29.9 Å². The fourth-order valence-corrected chi connectivity index (χ4v) is 1.87. The minimum Gasteiger partial charge on any atom is -0.335 e. The van der Waals surface area contributed by atoms with E-state index in [1.165, 1.54) is 0 Å². The summed E-state index contributed by atoms with van der Waals surface area (Å²) in [4.78, 5) is 16.3. The zero-order valence-corrected chi connectivity index (χ0v) is 8.28. The van der Waals surface area contributed by atoms with Crippen LogP contribution in [0.3, 0.4) is 0 Å². The van der Waals surface area contributed by atoms with Crippen molar-refractivity contribution in [2.24, 2.45) is 0 Å². The first-order valence-electron chi connectivity index (χ1n) is 4.84. The van der Waals surface area contributed by atoms with Crippen LogP contribution >= 0.6 is 0 Å². The highest BCUT2D eigenvalue weighted by atomic mass is 16.5. The van der Waals surface area contributed by atoms with Gasteiger partial charge in [-0.2, -0.15) is 4.98 Å². The number of nitrogens with one attached hydrogen (secondary N) is 1. The van der Waals surface area contributed by atoms with E-state index in [1.54, 1.807) is 11.5 Å². The summed E-state index contributed by atoms with van der Waals surface area (Å²) in [5.41, 5.74) is 0.902. The molecule has 0 unspecified atom stereocenters. The fourth-order valence-electron chi connectivity index (χ4n) is 1.87. The second kappa shape index (κ2) is 2.90. The molecular weight excluding hydrogens is 196 g/mol. The van der Waals surface area contributed by atoms with E-state index < -0.39 is 0 Å². The van der Waals surface area contributed by atoms with Gasteiger partial charge in [0.2, 0.25) is 0 Å². The summed E-state index contributed by atoms with van der Waals surface area (Å²) in [5.74, 6) is 0.718. The maximum Gasteiger partial charge on any atom is 0.266 e. The standard InChI is InChI=1S/C9H10N4O2/c1-5-7-8(15-12-5)11-6-4-10-2-3-13(6)9(7)14/h10H,2-4H2,1H3. The number of aryl methyl sites for hydroxylation is 1. The van der Waals surface area contributed by atoms with Crippen LogP contribution in [0.5, 0.6) is 0 Å². The number of rotatable bonds is 0. The maximum atomic E-state index is 12.1. The highest BCUT2D eigenvalue weighted by Gasteiger charge is 2.18. The molecule has 0 radical (unpaired) electrons. The Labute approximate surface area is 84.9 Å². The summed E-state index contributed by atoms with van der Waals surface area (Å²) in [6, 6.07) is 0. The molecule has 15 heavy (non-hydrogen) atoms. The number of hydrogen-bond acceptors (Lipinski definition) is 5. The van der Waals surface area contributed by atoms with Gasteiger partial charge in [0.25, 0.3) is 11.3 Å². The van der Waals surface area contributed by atoms with Gasteiger partial charge in [-0.15, -0.1) is 0 Å². The average Bonchev–Trinajstić information content (AvgIpc) is 2.61. The Balaban J connectivity index is 2.44. The van der Waals surface area contributed by atoms with Crippen molar-refractivity contribution in [1.82, 2.24) is 20.0 Å². The lowest BCUT2D eigenvalue weighted by Gasteiger charge is -2.17. The second-order valence-electron chi connectivity index (χ2n) is 3.61. The van der Waals surface area contributed by atoms with Crippen molar-refractivity contribution >= 4 is 11.1 Å². The first-order chi connectivity index (χ1) is 7.27. The lowest BCUT2D eigenvalue weighted by atomic mass is 10.3. The molecule has 1 aliphatic rings. The van der Waals surface area contributed by atoms with E-state index in [1.807, 2.05) is 0 Å². The van der Waals surface area contributed by atoms with Gasteiger partial charge in [-0.25, -0.2) is 0 Å². The molecule has 6 nitrogen and oxygen atoms in total. The molecule has 0 spiro atoms. The summed E-state index contributed by atoms with van der Waals surface area (Å²) in [6.07, 6.45) is 0. The Morgan fingerprint density at radius 2 is 2.40 bits per heavy atom. The van der Waals surface area contributed by atoms with Crippen molar-refractivity contribution < 1.29 is 4.52 Å². The number of aromatic nitrogens is 3. The third kappa shape index (κ3) is 1.11. The Hall–Kier alpha value is -1.69. The molecule has 0 saturated heterocycles. The number of fused-ring (bicyclic) bond motifs is 2. The predicted octanol–water partition coefficient (Wildman–Crippen LogP) is -0.204. The van der Waals surface area contributed by atoms with Crippen molar-refractivity contribution in [3.8, 4) is 0 Å². The van der Waals surface area contributed by atoms with Crippen LogP contribution < -0.4 is 10.9 Å². The van der Waals surface area contributed by atoms with Crippen LogP contribution in [0.1, 0.15) is 11.5 Å². The van der Waals surface area contributed by atoms with E-state index in [9.17, 15) is 4.79 Å². The van der Waals surface area contributed by atoms with Gasteiger partial charge in [-0.1, -0.05) is 5.16 Å². The maximum absolute atomic E-state index is 12.1. The normalized spacial score (nSPS) is 15.5. The predicted molar refractivity (Wildman–Crippen MR) is 52.5 cm³/mol. The molecular formula is C9H10N4O2. The van der Waals surface area contributed by atoms with Crippen LogP contribution in [0.25, 0.3) is 11.1 Å². The Morgan fingerprint density at radius 3 is 3.27 bits per heavy atom. The van der Waals surface area contributed by atoms with E-state index in [4.69, 9.17) is 4.52 Å². The van der Waals surface area contributed by atoms with Gasteiger partial charge in [0.15, 0.2) is 0 Å². The third-order valence-corrected chi connectivity index (χ3v) is 2.64. The van der Waals surface area contributed by atoms with Crippen LogP contribution in [0.15, 0.2) is 9.32 Å². The largest absolute Gasteiger partial charge is 0.335 e. The van der Waals surface area contributed by atoms with Crippen molar-refractivity contribution in [2.75, 3.05) is 6.54 Å². The van der Waals surface area contributed by atoms with Crippen LogP contribution in [0.4, 0.5) is 0 Å². The quantitative estimate of drug-likeness (QED) is 0.646. The van der Waals surface area contributed by atoms with Crippen LogP contribution in [-0.2, 0) is 13.1 Å². The molecule has 6 heteroatoms. The van der Waals surface area contributed by atoms with E-state index in [-0.39, 0.29) is 5.56 Å². The molecule has 3 heterocycles. The van der Waals surface area contributed by atoms with Gasteiger partial charge in [0.05, 0.1) is 12.2 Å². The molecule has 0 fully saturated rings. The highest BCUT2D eigenvalue weighted by Crippen LogP contribution is 2.12. The molecule has 3 rings (SSSR count). The van der Waals surface area contributed by atoms with Crippen molar-refractivity contribution in [1.29, 1.82) is 0 Å². The molecule has 78 valence electrons. The summed E-state index contributed by atoms with van der Waals surface area (Å²) >= 11 is 0. The lowest BCUT2D eigenvalue weighted by molar-refractivity contribution is 0.433. The van der Waals surface area contributed by atoms with Crippen LogP contribution in [0, 0.1) is 6.92 Å². The summed E-state index contributed by atoms with van der Waals surface area (Å²) in [5, 5.41) is 7.41. The Kier molecular flexibility index (Phi) is 1.66. The SMILES string of the molecule is Cc1noc2nc3n(c(=O)c12)CCNC3. The van der Waals surface area contributed by atoms with Gasteiger partial charge in [0.1, 0.15) is 11.2 Å². The van der Waals surface area contributed by atoms with Gasteiger partial charge in [-0.05, 0) is 6.92 Å². The number of nitrogens with zero attached hydrogens (tertiary/aromatic N) is 3. The highest BCUT2D eigenvalue weighted by molar-refractivity contribution is 5.74. The second-order valence-corrected chi connectivity index (χ2v) is 3.61. The first kappa shape index (κ1) is 8.60. The molecule has 0 saturated carbocycles. The minimum absolute atomic E-state index is 0.0461. The summed E-state index contributed by atoms with van der Waals surface area (Å²) in [6.45, 7) is 3.81. The monoisotopic (exact) mass is 206 g/mol. The minimum atomic E-state index is -0.0461. The molecule has 1 N–H and O–H groups in total. The van der Waals surface area contributed by atoms with E-state index in [0.717, 1.165) is 12.4 Å². The van der Waals surface area contributed by atoms with Crippen LogP contribution in [-0.4, -0.2) is 21.3 Å². The Morgan fingerprint density at radius 1 is 1.53 bits per heavy atom. The molecule has 1 aliphatic heterocycles. The smallest absolute Gasteiger partial charge is 0.266 e.